The smallest absolute Gasteiger partial charge is 0.317 e. The van der Waals surface area contributed by atoms with Crippen molar-refractivity contribution in [3.05, 3.63) is 48.3 Å². The molecule has 0 saturated heterocycles. The van der Waals surface area contributed by atoms with E-state index in [-0.39, 0.29) is 6.03 Å². The van der Waals surface area contributed by atoms with Gasteiger partial charge >= 0.3 is 6.03 Å². The minimum Gasteiger partial charge on any atom is -0.334 e. The van der Waals surface area contributed by atoms with Gasteiger partial charge in [-0.1, -0.05) is 38.5 Å². The van der Waals surface area contributed by atoms with Crippen LogP contribution in [0.3, 0.4) is 0 Å². The van der Waals surface area contributed by atoms with E-state index in [4.69, 9.17) is 0 Å². The number of carbonyl (C=O) groups is 1. The molecule has 0 fully saturated rings. The second-order valence-electron chi connectivity index (χ2n) is 5.63. The lowest BCUT2D eigenvalue weighted by Crippen LogP contribution is -2.39. The van der Waals surface area contributed by atoms with Gasteiger partial charge < -0.3 is 10.2 Å². The standard InChI is InChI=1S/C17H24N4O/c1-4-14(2)13-20(3)17(22)18-12-15-8-5-6-9-16(15)21-11-7-10-19-21/h5-11,14H,4,12-13H2,1-3H3,(H,18,22). The zero-order valence-corrected chi connectivity index (χ0v) is 13.5. The molecule has 2 amide bonds. The molecule has 1 heterocycles. The molecular formula is C17H24N4O. The number of hydrogen-bond donors (Lipinski definition) is 1. The van der Waals surface area contributed by atoms with Gasteiger partial charge in [0, 0.05) is 32.5 Å². The molecule has 0 radical (unpaired) electrons. The van der Waals surface area contributed by atoms with Gasteiger partial charge in [-0.25, -0.2) is 9.48 Å². The third-order valence-electron chi connectivity index (χ3n) is 3.80. The lowest BCUT2D eigenvalue weighted by Gasteiger charge is -2.21. The third kappa shape index (κ3) is 4.10. The van der Waals surface area contributed by atoms with E-state index in [1.54, 1.807) is 11.1 Å². The van der Waals surface area contributed by atoms with Crippen molar-refractivity contribution in [2.45, 2.75) is 26.8 Å². The summed E-state index contributed by atoms with van der Waals surface area (Å²) >= 11 is 0. The van der Waals surface area contributed by atoms with Crippen LogP contribution in [-0.4, -0.2) is 34.3 Å². The lowest BCUT2D eigenvalue weighted by atomic mass is 10.1. The Balaban J connectivity index is 1.99. The summed E-state index contributed by atoms with van der Waals surface area (Å²) in [5.74, 6) is 0.507. The molecule has 0 bridgehead atoms. The van der Waals surface area contributed by atoms with Gasteiger partial charge in [0.2, 0.25) is 0 Å². The zero-order valence-electron chi connectivity index (χ0n) is 13.5. The number of carbonyl (C=O) groups excluding carboxylic acids is 1. The summed E-state index contributed by atoms with van der Waals surface area (Å²) in [4.78, 5) is 13.9. The van der Waals surface area contributed by atoms with Crippen molar-refractivity contribution in [1.29, 1.82) is 0 Å². The molecule has 0 spiro atoms. The fourth-order valence-electron chi connectivity index (χ4n) is 2.28. The monoisotopic (exact) mass is 300 g/mol. The molecule has 2 aromatic rings. The van der Waals surface area contributed by atoms with E-state index in [9.17, 15) is 4.79 Å². The van der Waals surface area contributed by atoms with E-state index >= 15 is 0 Å². The van der Waals surface area contributed by atoms with E-state index in [0.29, 0.717) is 12.5 Å². The van der Waals surface area contributed by atoms with Gasteiger partial charge in [-0.05, 0) is 23.6 Å². The molecule has 22 heavy (non-hydrogen) atoms. The first-order chi connectivity index (χ1) is 10.6. The van der Waals surface area contributed by atoms with E-state index < -0.39 is 0 Å². The maximum atomic E-state index is 12.2. The molecule has 1 unspecified atom stereocenters. The lowest BCUT2D eigenvalue weighted by molar-refractivity contribution is 0.201. The third-order valence-corrected chi connectivity index (χ3v) is 3.80. The Morgan fingerprint density at radius 3 is 2.82 bits per heavy atom. The molecule has 1 aromatic carbocycles. The molecular weight excluding hydrogens is 276 g/mol. The molecule has 1 N–H and O–H groups in total. The second kappa shape index (κ2) is 7.64. The number of urea groups is 1. The number of hydrogen-bond acceptors (Lipinski definition) is 2. The van der Waals surface area contributed by atoms with Gasteiger partial charge in [-0.3, -0.25) is 0 Å². The van der Waals surface area contributed by atoms with E-state index in [1.807, 2.05) is 48.3 Å². The minimum absolute atomic E-state index is 0.0458. The topological polar surface area (TPSA) is 50.2 Å². The summed E-state index contributed by atoms with van der Waals surface area (Å²) in [6, 6.07) is 9.78. The first kappa shape index (κ1) is 16.1. The Bertz CT molecular complexity index is 594. The van der Waals surface area contributed by atoms with Crippen LogP contribution in [0.2, 0.25) is 0 Å². The molecule has 0 aliphatic carbocycles. The zero-order chi connectivity index (χ0) is 15.9. The van der Waals surface area contributed by atoms with Crippen LogP contribution in [0.5, 0.6) is 0 Å². The first-order valence-corrected chi connectivity index (χ1v) is 7.68. The van der Waals surface area contributed by atoms with Crippen molar-refractivity contribution in [3.63, 3.8) is 0 Å². The molecule has 0 aliphatic rings. The fraction of sp³-hybridized carbons (Fsp3) is 0.412. The molecule has 1 aromatic heterocycles. The van der Waals surface area contributed by atoms with E-state index in [0.717, 1.165) is 24.2 Å². The number of aromatic nitrogens is 2. The van der Waals surface area contributed by atoms with Crippen LogP contribution in [0.25, 0.3) is 5.69 Å². The highest BCUT2D eigenvalue weighted by Gasteiger charge is 2.12. The largest absolute Gasteiger partial charge is 0.334 e. The Hall–Kier alpha value is -2.30. The van der Waals surface area contributed by atoms with Gasteiger partial charge in [0.25, 0.3) is 0 Å². The molecule has 118 valence electrons. The summed E-state index contributed by atoms with van der Waals surface area (Å²) < 4.78 is 1.81. The van der Waals surface area contributed by atoms with E-state index in [1.165, 1.54) is 0 Å². The highest BCUT2D eigenvalue weighted by Crippen LogP contribution is 2.13. The fourth-order valence-corrected chi connectivity index (χ4v) is 2.28. The van der Waals surface area contributed by atoms with Crippen LogP contribution in [0, 0.1) is 5.92 Å². The van der Waals surface area contributed by atoms with Crippen molar-refractivity contribution in [2.75, 3.05) is 13.6 Å². The van der Waals surface area contributed by atoms with Crippen molar-refractivity contribution >= 4 is 6.03 Å². The Labute approximate surface area is 131 Å². The summed E-state index contributed by atoms with van der Waals surface area (Å²) in [6.07, 6.45) is 4.71. The Morgan fingerprint density at radius 1 is 1.36 bits per heavy atom. The van der Waals surface area contributed by atoms with Crippen LogP contribution < -0.4 is 5.32 Å². The Kier molecular flexibility index (Phi) is 5.58. The van der Waals surface area contributed by atoms with Gasteiger partial charge in [-0.2, -0.15) is 5.10 Å². The number of para-hydroxylation sites is 1. The number of nitrogens with zero attached hydrogens (tertiary/aromatic N) is 3. The highest BCUT2D eigenvalue weighted by atomic mass is 16.2. The average molecular weight is 300 g/mol. The number of rotatable bonds is 6. The van der Waals surface area contributed by atoms with Crippen LogP contribution in [0.15, 0.2) is 42.7 Å². The predicted molar refractivity (Wildman–Crippen MR) is 87.9 cm³/mol. The van der Waals surface area contributed by atoms with Gasteiger partial charge in [-0.15, -0.1) is 0 Å². The SMILES string of the molecule is CCC(C)CN(C)C(=O)NCc1ccccc1-n1cccn1. The van der Waals surface area contributed by atoms with Gasteiger partial charge in [0.15, 0.2) is 0 Å². The van der Waals surface area contributed by atoms with Crippen molar-refractivity contribution in [2.24, 2.45) is 5.92 Å². The normalized spacial score (nSPS) is 12.0. The molecule has 0 saturated carbocycles. The quantitative estimate of drug-likeness (QED) is 0.891. The first-order valence-electron chi connectivity index (χ1n) is 7.68. The molecule has 5 nitrogen and oxygen atoms in total. The summed E-state index contributed by atoms with van der Waals surface area (Å²) in [6.45, 7) is 5.54. The number of amides is 2. The summed E-state index contributed by atoms with van der Waals surface area (Å²) in [5.41, 5.74) is 2.02. The van der Waals surface area contributed by atoms with Crippen molar-refractivity contribution in [3.8, 4) is 5.69 Å². The number of benzene rings is 1. The van der Waals surface area contributed by atoms with Gasteiger partial charge in [0.05, 0.1) is 5.69 Å². The maximum absolute atomic E-state index is 12.2. The maximum Gasteiger partial charge on any atom is 0.317 e. The predicted octanol–water partition coefficient (Wildman–Crippen LogP) is 3.06. The van der Waals surface area contributed by atoms with Crippen LogP contribution in [0.1, 0.15) is 25.8 Å². The second-order valence-corrected chi connectivity index (χ2v) is 5.63. The van der Waals surface area contributed by atoms with Crippen LogP contribution in [0.4, 0.5) is 4.79 Å². The van der Waals surface area contributed by atoms with Gasteiger partial charge in [0.1, 0.15) is 0 Å². The van der Waals surface area contributed by atoms with Crippen LogP contribution >= 0.6 is 0 Å². The molecule has 0 aliphatic heterocycles. The minimum atomic E-state index is -0.0458. The highest BCUT2D eigenvalue weighted by molar-refractivity contribution is 5.74. The molecule has 2 rings (SSSR count). The Morgan fingerprint density at radius 2 is 2.14 bits per heavy atom. The van der Waals surface area contributed by atoms with E-state index in [2.05, 4.69) is 24.3 Å². The van der Waals surface area contributed by atoms with Crippen molar-refractivity contribution in [1.82, 2.24) is 20.0 Å². The summed E-state index contributed by atoms with van der Waals surface area (Å²) in [7, 11) is 1.83. The molecule has 5 heteroatoms. The average Bonchev–Trinajstić information content (AvgIpc) is 3.06. The van der Waals surface area contributed by atoms with Crippen LogP contribution in [-0.2, 0) is 6.54 Å². The number of nitrogens with one attached hydrogen (secondary N) is 1. The summed E-state index contributed by atoms with van der Waals surface area (Å²) in [5, 5.41) is 7.23. The van der Waals surface area contributed by atoms with Crippen molar-refractivity contribution < 1.29 is 4.79 Å². The molecule has 1 atom stereocenters.